The SMILES string of the molecule is O=C(O)c1cc(CN2CCCOC2)on1. The summed E-state index contributed by atoms with van der Waals surface area (Å²) in [6.45, 7) is 2.82. The normalized spacial score (nSPS) is 17.9. The van der Waals surface area contributed by atoms with Crippen molar-refractivity contribution in [2.75, 3.05) is 19.9 Å². The van der Waals surface area contributed by atoms with Gasteiger partial charge < -0.3 is 14.4 Å². The van der Waals surface area contributed by atoms with Crippen molar-refractivity contribution in [1.82, 2.24) is 10.1 Å². The van der Waals surface area contributed by atoms with Gasteiger partial charge in [0, 0.05) is 19.2 Å². The minimum atomic E-state index is -1.07. The minimum Gasteiger partial charge on any atom is -0.476 e. The molecule has 1 aromatic heterocycles. The van der Waals surface area contributed by atoms with Crippen molar-refractivity contribution in [1.29, 1.82) is 0 Å². The minimum absolute atomic E-state index is 0.0528. The molecule has 0 bridgehead atoms. The maximum atomic E-state index is 10.5. The Kier molecular flexibility index (Phi) is 2.98. The summed E-state index contributed by atoms with van der Waals surface area (Å²) >= 11 is 0. The number of hydrogen-bond acceptors (Lipinski definition) is 5. The molecule has 1 N–H and O–H groups in total. The molecule has 0 amide bonds. The number of hydrogen-bond donors (Lipinski definition) is 1. The molecule has 0 atom stereocenters. The first-order valence-corrected chi connectivity index (χ1v) is 4.74. The summed E-state index contributed by atoms with van der Waals surface area (Å²) in [6, 6.07) is 1.44. The molecule has 15 heavy (non-hydrogen) atoms. The van der Waals surface area contributed by atoms with Crippen LogP contribution in [-0.4, -0.2) is 41.0 Å². The second-order valence-corrected chi connectivity index (χ2v) is 3.43. The maximum Gasteiger partial charge on any atom is 0.358 e. The quantitative estimate of drug-likeness (QED) is 0.788. The molecule has 0 radical (unpaired) electrons. The zero-order valence-electron chi connectivity index (χ0n) is 8.18. The Labute approximate surface area is 86.4 Å². The van der Waals surface area contributed by atoms with Gasteiger partial charge >= 0.3 is 5.97 Å². The van der Waals surface area contributed by atoms with E-state index >= 15 is 0 Å². The summed E-state index contributed by atoms with van der Waals surface area (Å²) in [5, 5.41) is 12.1. The smallest absolute Gasteiger partial charge is 0.358 e. The Morgan fingerprint density at radius 3 is 3.13 bits per heavy atom. The highest BCUT2D eigenvalue weighted by molar-refractivity contribution is 5.85. The molecule has 0 unspecified atom stereocenters. The Hall–Kier alpha value is -1.40. The number of aromatic nitrogens is 1. The van der Waals surface area contributed by atoms with E-state index in [1.54, 1.807) is 0 Å². The van der Waals surface area contributed by atoms with E-state index in [4.69, 9.17) is 14.4 Å². The average molecular weight is 212 g/mol. The standard InChI is InChI=1S/C9H12N2O4/c12-9(13)8-4-7(15-10-8)5-11-2-1-3-14-6-11/h4H,1-3,5-6H2,(H,12,13). The third-order valence-corrected chi connectivity index (χ3v) is 2.19. The molecule has 0 spiro atoms. The molecule has 1 aromatic rings. The van der Waals surface area contributed by atoms with Crippen LogP contribution in [0.2, 0.25) is 0 Å². The first-order valence-electron chi connectivity index (χ1n) is 4.74. The van der Waals surface area contributed by atoms with E-state index in [-0.39, 0.29) is 5.69 Å². The van der Waals surface area contributed by atoms with E-state index in [0.717, 1.165) is 19.6 Å². The van der Waals surface area contributed by atoms with Crippen LogP contribution in [0.3, 0.4) is 0 Å². The highest BCUT2D eigenvalue weighted by Crippen LogP contribution is 2.10. The Morgan fingerprint density at radius 2 is 2.53 bits per heavy atom. The molecular formula is C9H12N2O4. The largest absolute Gasteiger partial charge is 0.476 e. The van der Waals surface area contributed by atoms with Crippen molar-refractivity contribution >= 4 is 5.97 Å². The van der Waals surface area contributed by atoms with Gasteiger partial charge in [-0.25, -0.2) is 4.79 Å². The van der Waals surface area contributed by atoms with Crippen molar-refractivity contribution in [3.8, 4) is 0 Å². The van der Waals surface area contributed by atoms with Crippen LogP contribution in [0.5, 0.6) is 0 Å². The Morgan fingerprint density at radius 1 is 1.67 bits per heavy atom. The summed E-state index contributed by atoms with van der Waals surface area (Å²) in [4.78, 5) is 12.6. The van der Waals surface area contributed by atoms with E-state index < -0.39 is 5.97 Å². The van der Waals surface area contributed by atoms with Gasteiger partial charge in [-0.1, -0.05) is 5.16 Å². The van der Waals surface area contributed by atoms with Crippen LogP contribution in [0, 0.1) is 0 Å². The molecule has 2 rings (SSSR count). The molecule has 82 valence electrons. The topological polar surface area (TPSA) is 75.8 Å². The lowest BCUT2D eigenvalue weighted by molar-refractivity contribution is -0.0211. The van der Waals surface area contributed by atoms with Crippen LogP contribution in [0.1, 0.15) is 22.7 Å². The fourth-order valence-corrected chi connectivity index (χ4v) is 1.48. The zero-order chi connectivity index (χ0) is 10.7. The lowest BCUT2D eigenvalue weighted by Gasteiger charge is -2.25. The predicted molar refractivity (Wildman–Crippen MR) is 49.3 cm³/mol. The lowest BCUT2D eigenvalue weighted by Crippen LogP contribution is -2.32. The molecule has 6 heteroatoms. The fourth-order valence-electron chi connectivity index (χ4n) is 1.48. The zero-order valence-corrected chi connectivity index (χ0v) is 8.18. The van der Waals surface area contributed by atoms with Gasteiger partial charge in [0.15, 0.2) is 11.5 Å². The van der Waals surface area contributed by atoms with Crippen LogP contribution >= 0.6 is 0 Å². The van der Waals surface area contributed by atoms with Crippen LogP contribution in [-0.2, 0) is 11.3 Å². The lowest BCUT2D eigenvalue weighted by atomic mass is 10.3. The maximum absolute atomic E-state index is 10.5. The van der Waals surface area contributed by atoms with Crippen molar-refractivity contribution in [3.63, 3.8) is 0 Å². The van der Waals surface area contributed by atoms with Gasteiger partial charge in [0.25, 0.3) is 0 Å². The van der Waals surface area contributed by atoms with Gasteiger partial charge in [0.2, 0.25) is 0 Å². The van der Waals surface area contributed by atoms with Gasteiger partial charge in [0.05, 0.1) is 13.3 Å². The number of rotatable bonds is 3. The summed E-state index contributed by atoms with van der Waals surface area (Å²) in [5.41, 5.74) is -0.0528. The highest BCUT2D eigenvalue weighted by Gasteiger charge is 2.15. The number of carboxylic acids is 1. The molecule has 1 saturated heterocycles. The van der Waals surface area contributed by atoms with Crippen LogP contribution in [0.15, 0.2) is 10.6 Å². The van der Waals surface area contributed by atoms with Gasteiger partial charge in [-0.15, -0.1) is 0 Å². The monoisotopic (exact) mass is 212 g/mol. The van der Waals surface area contributed by atoms with Crippen molar-refractivity contribution in [2.24, 2.45) is 0 Å². The van der Waals surface area contributed by atoms with Crippen molar-refractivity contribution in [2.45, 2.75) is 13.0 Å². The summed E-state index contributed by atoms with van der Waals surface area (Å²) in [7, 11) is 0. The van der Waals surface area contributed by atoms with Gasteiger partial charge in [0.1, 0.15) is 0 Å². The van der Waals surface area contributed by atoms with Crippen LogP contribution in [0.4, 0.5) is 0 Å². The highest BCUT2D eigenvalue weighted by atomic mass is 16.5. The molecule has 0 aromatic carbocycles. The fraction of sp³-hybridized carbons (Fsp3) is 0.556. The number of ether oxygens (including phenoxy) is 1. The predicted octanol–water partition coefficient (Wildman–Crippen LogP) is 0.553. The van der Waals surface area contributed by atoms with E-state index in [1.807, 2.05) is 4.90 Å². The summed E-state index contributed by atoms with van der Waals surface area (Å²) < 4.78 is 10.2. The first-order chi connectivity index (χ1) is 7.25. The molecule has 0 saturated carbocycles. The van der Waals surface area contributed by atoms with Gasteiger partial charge in [-0.2, -0.15) is 0 Å². The van der Waals surface area contributed by atoms with Crippen molar-refractivity contribution < 1.29 is 19.2 Å². The van der Waals surface area contributed by atoms with E-state index in [0.29, 0.717) is 19.0 Å². The second-order valence-electron chi connectivity index (χ2n) is 3.43. The number of nitrogens with zero attached hydrogens (tertiary/aromatic N) is 2. The third-order valence-electron chi connectivity index (χ3n) is 2.19. The number of aromatic carboxylic acids is 1. The van der Waals surface area contributed by atoms with Gasteiger partial charge in [-0.05, 0) is 6.42 Å². The molecule has 0 aliphatic carbocycles. The summed E-state index contributed by atoms with van der Waals surface area (Å²) in [5.74, 6) is -0.516. The Balaban J connectivity index is 1.94. The van der Waals surface area contributed by atoms with E-state index in [9.17, 15) is 4.79 Å². The molecule has 2 heterocycles. The van der Waals surface area contributed by atoms with Crippen LogP contribution in [0.25, 0.3) is 0 Å². The van der Waals surface area contributed by atoms with E-state index in [1.165, 1.54) is 6.07 Å². The van der Waals surface area contributed by atoms with Crippen molar-refractivity contribution in [3.05, 3.63) is 17.5 Å². The van der Waals surface area contributed by atoms with Gasteiger partial charge in [-0.3, -0.25) is 4.90 Å². The molecule has 6 nitrogen and oxygen atoms in total. The molecular weight excluding hydrogens is 200 g/mol. The third kappa shape index (κ3) is 2.54. The second kappa shape index (κ2) is 4.41. The number of carboxylic acid groups (broad SMARTS) is 1. The summed E-state index contributed by atoms with van der Waals surface area (Å²) in [6.07, 6.45) is 0.986. The molecule has 1 aliphatic heterocycles. The van der Waals surface area contributed by atoms with Crippen LogP contribution < -0.4 is 0 Å². The average Bonchev–Trinajstić information content (AvgIpc) is 2.68. The molecule has 1 aliphatic rings. The Bertz CT molecular complexity index is 344. The first kappa shape index (κ1) is 10.1. The molecule has 1 fully saturated rings. The van der Waals surface area contributed by atoms with E-state index in [2.05, 4.69) is 5.16 Å². The number of carbonyl (C=O) groups is 1.